The summed E-state index contributed by atoms with van der Waals surface area (Å²) in [7, 11) is 0. The lowest BCUT2D eigenvalue weighted by Crippen LogP contribution is -2.41. The van der Waals surface area contributed by atoms with Crippen molar-refractivity contribution in [3.05, 3.63) is 34.9 Å². The second-order valence-electron chi connectivity index (χ2n) is 4.06. The number of thioether (sulfide) groups is 1. The molecule has 0 heterocycles. The summed E-state index contributed by atoms with van der Waals surface area (Å²) in [4.78, 5) is 11.6. The third kappa shape index (κ3) is 7.67. The highest BCUT2D eigenvalue weighted by Gasteiger charge is 2.11. The van der Waals surface area contributed by atoms with E-state index in [1.54, 1.807) is 11.8 Å². The third-order valence-electron chi connectivity index (χ3n) is 2.60. The number of rotatable bonds is 7. The van der Waals surface area contributed by atoms with Gasteiger partial charge in [0, 0.05) is 11.6 Å². The summed E-state index contributed by atoms with van der Waals surface area (Å²) in [6, 6.07) is 7.22. The molecule has 0 aliphatic heterocycles. The van der Waals surface area contributed by atoms with E-state index < -0.39 is 6.04 Å². The molecule has 0 saturated heterocycles. The lowest BCUT2D eigenvalue weighted by Gasteiger charge is -2.11. The van der Waals surface area contributed by atoms with Crippen molar-refractivity contribution in [3.8, 4) is 0 Å². The number of halogens is 2. The molecule has 0 radical (unpaired) electrons. The predicted octanol–water partition coefficient (Wildman–Crippen LogP) is 2.50. The topological polar surface area (TPSA) is 55.1 Å². The molecule has 1 aromatic rings. The van der Waals surface area contributed by atoms with Crippen LogP contribution in [-0.4, -0.2) is 30.5 Å². The first-order chi connectivity index (χ1) is 8.63. The van der Waals surface area contributed by atoms with Crippen LogP contribution in [0.1, 0.15) is 12.0 Å². The van der Waals surface area contributed by atoms with Crippen molar-refractivity contribution in [3.63, 3.8) is 0 Å². The molecule has 3 nitrogen and oxygen atoms in total. The van der Waals surface area contributed by atoms with E-state index in [1.807, 2.05) is 30.5 Å². The minimum absolute atomic E-state index is 0. The molecule has 0 aliphatic carbocycles. The maximum Gasteiger partial charge on any atom is 0.236 e. The average molecular weight is 323 g/mol. The van der Waals surface area contributed by atoms with E-state index in [0.717, 1.165) is 22.8 Å². The summed E-state index contributed by atoms with van der Waals surface area (Å²) >= 11 is 7.49. The number of carbonyl (C=O) groups is 1. The molecule has 6 heteroatoms. The fourth-order valence-corrected chi connectivity index (χ4v) is 2.10. The zero-order valence-electron chi connectivity index (χ0n) is 10.9. The van der Waals surface area contributed by atoms with E-state index >= 15 is 0 Å². The Hall–Kier alpha value is -0.420. The van der Waals surface area contributed by atoms with Crippen molar-refractivity contribution in [2.45, 2.75) is 18.9 Å². The molecule has 0 bridgehead atoms. The van der Waals surface area contributed by atoms with Crippen molar-refractivity contribution in [2.75, 3.05) is 18.6 Å². The first kappa shape index (κ1) is 18.6. The molecule has 1 amide bonds. The Labute approximate surface area is 130 Å². The first-order valence-corrected chi connectivity index (χ1v) is 7.67. The van der Waals surface area contributed by atoms with Gasteiger partial charge in [-0.05, 0) is 42.5 Å². The molecule has 0 aromatic heterocycles. The summed E-state index contributed by atoms with van der Waals surface area (Å²) in [5.74, 6) is 0.837. The fourth-order valence-electron chi connectivity index (χ4n) is 1.49. The maximum absolute atomic E-state index is 11.6. The fraction of sp³-hybridized carbons (Fsp3) is 0.462. The van der Waals surface area contributed by atoms with Crippen molar-refractivity contribution in [1.29, 1.82) is 0 Å². The van der Waals surface area contributed by atoms with Crippen LogP contribution in [0.15, 0.2) is 24.3 Å². The van der Waals surface area contributed by atoms with Crippen LogP contribution in [0.4, 0.5) is 0 Å². The molecule has 0 unspecified atom stereocenters. The number of benzene rings is 1. The van der Waals surface area contributed by atoms with Gasteiger partial charge in [0.25, 0.3) is 0 Å². The molecule has 1 aromatic carbocycles. The van der Waals surface area contributed by atoms with Crippen molar-refractivity contribution in [1.82, 2.24) is 5.32 Å². The molecule has 1 rings (SSSR count). The predicted molar refractivity (Wildman–Crippen MR) is 86.4 cm³/mol. The van der Waals surface area contributed by atoms with E-state index in [4.69, 9.17) is 17.3 Å². The Balaban J connectivity index is 0.00000324. The zero-order chi connectivity index (χ0) is 13.4. The summed E-state index contributed by atoms with van der Waals surface area (Å²) in [6.07, 6.45) is 3.51. The quantitative estimate of drug-likeness (QED) is 0.811. The summed E-state index contributed by atoms with van der Waals surface area (Å²) in [6.45, 7) is 0.605. The van der Waals surface area contributed by atoms with Gasteiger partial charge in [0.1, 0.15) is 0 Å². The van der Waals surface area contributed by atoms with Crippen LogP contribution in [0.3, 0.4) is 0 Å². The average Bonchev–Trinajstić information content (AvgIpc) is 2.38. The van der Waals surface area contributed by atoms with Crippen LogP contribution in [-0.2, 0) is 11.2 Å². The van der Waals surface area contributed by atoms with Crippen LogP contribution >= 0.6 is 35.8 Å². The number of amides is 1. The van der Waals surface area contributed by atoms with Crippen molar-refractivity contribution in [2.24, 2.45) is 5.73 Å². The lowest BCUT2D eigenvalue weighted by molar-refractivity contribution is -0.122. The summed E-state index contributed by atoms with van der Waals surface area (Å²) < 4.78 is 0. The third-order valence-corrected chi connectivity index (χ3v) is 3.49. The molecule has 3 N–H and O–H groups in total. The zero-order valence-corrected chi connectivity index (χ0v) is 13.3. The number of nitrogens with two attached hydrogens (primary N) is 1. The standard InChI is InChI=1S/C13H19ClN2OS.ClH/c1-18-9-7-12(15)13(17)16-8-6-10-2-4-11(14)5-3-10;/h2-5,12H,6-9,15H2,1H3,(H,16,17);1H/t12-;/m0./s1. The van der Waals surface area contributed by atoms with Gasteiger partial charge in [0.05, 0.1) is 6.04 Å². The van der Waals surface area contributed by atoms with Gasteiger partial charge in [0.2, 0.25) is 5.91 Å². The summed E-state index contributed by atoms with van der Waals surface area (Å²) in [5, 5.41) is 3.57. The molecular weight excluding hydrogens is 303 g/mol. The number of hydrogen-bond donors (Lipinski definition) is 2. The molecule has 108 valence electrons. The Bertz CT molecular complexity index is 373. The van der Waals surface area contributed by atoms with Gasteiger partial charge in [-0.3, -0.25) is 4.79 Å². The van der Waals surface area contributed by atoms with Gasteiger partial charge in [-0.15, -0.1) is 12.4 Å². The van der Waals surface area contributed by atoms with E-state index in [0.29, 0.717) is 13.0 Å². The monoisotopic (exact) mass is 322 g/mol. The Kier molecular flexibility index (Phi) is 10.1. The van der Waals surface area contributed by atoms with Crippen LogP contribution in [0, 0.1) is 0 Å². The van der Waals surface area contributed by atoms with Gasteiger partial charge in [0.15, 0.2) is 0 Å². The van der Waals surface area contributed by atoms with Crippen LogP contribution in [0.5, 0.6) is 0 Å². The minimum atomic E-state index is -0.400. The number of carbonyl (C=O) groups excluding carboxylic acids is 1. The maximum atomic E-state index is 11.6. The second kappa shape index (κ2) is 10.4. The summed E-state index contributed by atoms with van der Waals surface area (Å²) in [5.41, 5.74) is 6.91. The highest BCUT2D eigenvalue weighted by molar-refractivity contribution is 7.98. The molecule has 0 spiro atoms. The van der Waals surface area contributed by atoms with Crippen LogP contribution in [0.25, 0.3) is 0 Å². The van der Waals surface area contributed by atoms with Gasteiger partial charge in [-0.1, -0.05) is 23.7 Å². The van der Waals surface area contributed by atoms with Gasteiger partial charge >= 0.3 is 0 Å². The lowest BCUT2D eigenvalue weighted by atomic mass is 10.1. The Morgan fingerprint density at radius 2 is 2.05 bits per heavy atom. The molecule has 0 fully saturated rings. The smallest absolute Gasteiger partial charge is 0.236 e. The van der Waals surface area contributed by atoms with E-state index in [2.05, 4.69) is 5.32 Å². The number of hydrogen-bond acceptors (Lipinski definition) is 3. The SMILES string of the molecule is CSCC[C@H](N)C(=O)NCCc1ccc(Cl)cc1.Cl. The van der Waals surface area contributed by atoms with Crippen LogP contribution in [0.2, 0.25) is 5.02 Å². The first-order valence-electron chi connectivity index (χ1n) is 5.90. The highest BCUT2D eigenvalue weighted by Crippen LogP contribution is 2.09. The van der Waals surface area contributed by atoms with E-state index in [1.165, 1.54) is 0 Å². The second-order valence-corrected chi connectivity index (χ2v) is 5.48. The van der Waals surface area contributed by atoms with Gasteiger partial charge in [-0.25, -0.2) is 0 Å². The van der Waals surface area contributed by atoms with Gasteiger partial charge in [-0.2, -0.15) is 11.8 Å². The molecule has 0 aliphatic rings. The largest absolute Gasteiger partial charge is 0.354 e. The molecule has 1 atom stereocenters. The Morgan fingerprint density at radius 3 is 2.63 bits per heavy atom. The molecular formula is C13H20Cl2N2OS. The Morgan fingerprint density at radius 1 is 1.42 bits per heavy atom. The highest BCUT2D eigenvalue weighted by atomic mass is 35.5. The molecule has 0 saturated carbocycles. The van der Waals surface area contributed by atoms with Crippen molar-refractivity contribution >= 4 is 41.7 Å². The van der Waals surface area contributed by atoms with Crippen molar-refractivity contribution < 1.29 is 4.79 Å². The van der Waals surface area contributed by atoms with E-state index in [-0.39, 0.29) is 18.3 Å². The van der Waals surface area contributed by atoms with Gasteiger partial charge < -0.3 is 11.1 Å². The molecule has 19 heavy (non-hydrogen) atoms. The minimum Gasteiger partial charge on any atom is -0.354 e. The number of nitrogens with one attached hydrogen (secondary N) is 1. The normalized spacial score (nSPS) is 11.5. The van der Waals surface area contributed by atoms with Crippen LogP contribution < -0.4 is 11.1 Å². The van der Waals surface area contributed by atoms with E-state index in [9.17, 15) is 4.79 Å².